The zero-order chi connectivity index (χ0) is 14.6. The molecule has 1 saturated heterocycles. The van der Waals surface area contributed by atoms with Crippen LogP contribution < -0.4 is 5.32 Å². The number of carbonyl (C=O) groups excluding carboxylic acids is 3. The second kappa shape index (κ2) is 6.65. The highest BCUT2D eigenvalue weighted by Crippen LogP contribution is 2.14. The van der Waals surface area contributed by atoms with Gasteiger partial charge in [0.25, 0.3) is 0 Å². The van der Waals surface area contributed by atoms with Gasteiger partial charge in [0.15, 0.2) is 0 Å². The second-order valence-electron chi connectivity index (χ2n) is 4.88. The van der Waals surface area contributed by atoms with Crippen molar-refractivity contribution in [3.8, 4) is 0 Å². The molecule has 6 nitrogen and oxygen atoms in total. The summed E-state index contributed by atoms with van der Waals surface area (Å²) in [6.45, 7) is 6.59. The summed E-state index contributed by atoms with van der Waals surface area (Å²) in [4.78, 5) is 38.5. The van der Waals surface area contributed by atoms with E-state index in [2.05, 4.69) is 5.32 Å². The summed E-state index contributed by atoms with van der Waals surface area (Å²) in [5.41, 5.74) is 0. The first-order valence-electron chi connectivity index (χ1n) is 6.77. The number of nitrogens with one attached hydrogen (secondary N) is 1. The predicted molar refractivity (Wildman–Crippen MR) is 71.3 cm³/mol. The Hall–Kier alpha value is -1.43. The van der Waals surface area contributed by atoms with E-state index >= 15 is 0 Å². The molecule has 1 heterocycles. The van der Waals surface area contributed by atoms with Crippen LogP contribution in [0, 0.1) is 0 Å². The number of likely N-dealkylation sites (N-methyl/N-ethyl adjacent to an activating group) is 1. The van der Waals surface area contributed by atoms with Crippen LogP contribution in [0.4, 0.5) is 0 Å². The maximum absolute atomic E-state index is 12.0. The van der Waals surface area contributed by atoms with Crippen LogP contribution >= 0.6 is 0 Å². The number of hydrogen-bond donors (Lipinski definition) is 1. The van der Waals surface area contributed by atoms with Crippen LogP contribution in [0.2, 0.25) is 0 Å². The molecule has 0 aromatic heterocycles. The molecule has 0 aliphatic carbocycles. The molecule has 0 bridgehead atoms. The molecule has 0 aromatic carbocycles. The minimum absolute atomic E-state index is 0.0725. The number of imide groups is 1. The molecule has 1 fully saturated rings. The fourth-order valence-electron chi connectivity index (χ4n) is 2.13. The molecule has 2 unspecified atom stereocenters. The quantitative estimate of drug-likeness (QED) is 0.688. The molecule has 1 aliphatic heterocycles. The lowest BCUT2D eigenvalue weighted by Gasteiger charge is -2.22. The molecule has 108 valence electrons. The summed E-state index contributed by atoms with van der Waals surface area (Å²) in [5, 5.41) is 2.96. The summed E-state index contributed by atoms with van der Waals surface area (Å²) in [7, 11) is 1.71. The topological polar surface area (TPSA) is 69.7 Å². The number of likely N-dealkylation sites (tertiary alicyclic amines) is 1. The fraction of sp³-hybridized carbons (Fsp3) is 0.769. The largest absolute Gasteiger partial charge is 0.345 e. The normalized spacial score (nSPS) is 20.8. The molecular weight excluding hydrogens is 246 g/mol. The van der Waals surface area contributed by atoms with E-state index in [1.165, 1.54) is 4.90 Å². The van der Waals surface area contributed by atoms with Crippen molar-refractivity contribution in [1.29, 1.82) is 0 Å². The van der Waals surface area contributed by atoms with Gasteiger partial charge < -0.3 is 4.90 Å². The fourth-order valence-corrected chi connectivity index (χ4v) is 2.13. The lowest BCUT2D eigenvalue weighted by atomic mass is 10.2. The smallest absolute Gasteiger partial charge is 0.246 e. The van der Waals surface area contributed by atoms with Crippen molar-refractivity contribution in [2.75, 3.05) is 20.1 Å². The molecule has 1 aliphatic rings. The Bertz CT molecular complexity index is 370. The maximum Gasteiger partial charge on any atom is 0.246 e. The zero-order valence-electron chi connectivity index (χ0n) is 12.1. The van der Waals surface area contributed by atoms with Gasteiger partial charge in [0.05, 0.1) is 18.5 Å². The van der Waals surface area contributed by atoms with Gasteiger partial charge in [0.2, 0.25) is 17.7 Å². The van der Waals surface area contributed by atoms with Gasteiger partial charge in [-0.15, -0.1) is 0 Å². The average molecular weight is 269 g/mol. The third-order valence-electron chi connectivity index (χ3n) is 3.36. The van der Waals surface area contributed by atoms with E-state index in [0.29, 0.717) is 13.1 Å². The van der Waals surface area contributed by atoms with E-state index in [9.17, 15) is 14.4 Å². The molecule has 6 heteroatoms. The van der Waals surface area contributed by atoms with E-state index in [0.717, 1.165) is 6.42 Å². The first-order chi connectivity index (χ1) is 8.92. The average Bonchev–Trinajstić information content (AvgIpc) is 2.65. The number of nitrogens with zero attached hydrogens (tertiary/aromatic N) is 2. The lowest BCUT2D eigenvalue weighted by Crippen LogP contribution is -2.49. The van der Waals surface area contributed by atoms with Crippen LogP contribution in [0.5, 0.6) is 0 Å². The van der Waals surface area contributed by atoms with Crippen LogP contribution in [0.25, 0.3) is 0 Å². The summed E-state index contributed by atoms with van der Waals surface area (Å²) < 4.78 is 0. The molecule has 0 radical (unpaired) electrons. The minimum Gasteiger partial charge on any atom is -0.345 e. The van der Waals surface area contributed by atoms with Gasteiger partial charge in [-0.2, -0.15) is 0 Å². The Morgan fingerprint density at radius 3 is 2.63 bits per heavy atom. The molecule has 1 N–H and O–H groups in total. The number of hydrogen-bond acceptors (Lipinski definition) is 4. The van der Waals surface area contributed by atoms with Crippen LogP contribution in [0.1, 0.15) is 33.6 Å². The first kappa shape index (κ1) is 15.6. The highest BCUT2D eigenvalue weighted by Gasteiger charge is 2.39. The van der Waals surface area contributed by atoms with Gasteiger partial charge in [-0.25, -0.2) is 0 Å². The monoisotopic (exact) mass is 269 g/mol. The maximum atomic E-state index is 12.0. The number of rotatable bonds is 6. The second-order valence-corrected chi connectivity index (χ2v) is 4.88. The van der Waals surface area contributed by atoms with E-state index in [4.69, 9.17) is 0 Å². The molecule has 1 rings (SSSR count). The van der Waals surface area contributed by atoms with Crippen LogP contribution in [0.3, 0.4) is 0 Å². The standard InChI is InChI=1S/C13H23N3O3/c1-5-7-16-11(17)8-10(13(16)19)14-9(3)12(18)15(4)6-2/h9-10,14H,5-8H2,1-4H3. The van der Waals surface area contributed by atoms with E-state index < -0.39 is 12.1 Å². The van der Waals surface area contributed by atoms with Crippen molar-refractivity contribution in [2.24, 2.45) is 0 Å². The predicted octanol–water partition coefficient (Wildman–Crippen LogP) is -0.0197. The van der Waals surface area contributed by atoms with Crippen molar-refractivity contribution in [1.82, 2.24) is 15.1 Å². The van der Waals surface area contributed by atoms with Crippen molar-refractivity contribution in [2.45, 2.75) is 45.7 Å². The van der Waals surface area contributed by atoms with Gasteiger partial charge in [-0.1, -0.05) is 6.92 Å². The van der Waals surface area contributed by atoms with Crippen molar-refractivity contribution in [3.05, 3.63) is 0 Å². The summed E-state index contributed by atoms with van der Waals surface area (Å²) in [6, 6.07) is -1.03. The Balaban J connectivity index is 2.61. The Morgan fingerprint density at radius 1 is 1.47 bits per heavy atom. The highest BCUT2D eigenvalue weighted by atomic mass is 16.2. The Labute approximate surface area is 114 Å². The molecule has 3 amide bonds. The van der Waals surface area contributed by atoms with Crippen LogP contribution in [-0.2, 0) is 14.4 Å². The summed E-state index contributed by atoms with van der Waals surface area (Å²) in [6.07, 6.45) is 0.892. The Morgan fingerprint density at radius 2 is 2.11 bits per heavy atom. The Kier molecular flexibility index (Phi) is 5.47. The van der Waals surface area contributed by atoms with Gasteiger partial charge >= 0.3 is 0 Å². The van der Waals surface area contributed by atoms with Crippen molar-refractivity contribution >= 4 is 17.7 Å². The van der Waals surface area contributed by atoms with Gasteiger partial charge in [0.1, 0.15) is 0 Å². The van der Waals surface area contributed by atoms with Crippen molar-refractivity contribution < 1.29 is 14.4 Å². The third-order valence-corrected chi connectivity index (χ3v) is 3.36. The minimum atomic E-state index is -0.566. The zero-order valence-corrected chi connectivity index (χ0v) is 12.1. The molecule has 0 aromatic rings. The number of amides is 3. The molecule has 19 heavy (non-hydrogen) atoms. The summed E-state index contributed by atoms with van der Waals surface area (Å²) in [5.74, 6) is -0.449. The molecule has 0 spiro atoms. The van der Waals surface area contributed by atoms with E-state index in [1.54, 1.807) is 18.9 Å². The van der Waals surface area contributed by atoms with E-state index in [-0.39, 0.29) is 24.1 Å². The first-order valence-corrected chi connectivity index (χ1v) is 6.77. The van der Waals surface area contributed by atoms with Crippen LogP contribution in [-0.4, -0.2) is 59.7 Å². The van der Waals surface area contributed by atoms with Gasteiger partial charge in [-0.05, 0) is 20.3 Å². The SMILES string of the molecule is CCCN1C(=O)CC(NC(C)C(=O)N(C)CC)C1=O. The van der Waals surface area contributed by atoms with E-state index in [1.807, 2.05) is 13.8 Å². The molecule has 2 atom stereocenters. The third kappa shape index (κ3) is 3.53. The highest BCUT2D eigenvalue weighted by molar-refractivity contribution is 6.05. The van der Waals surface area contributed by atoms with Gasteiger partial charge in [0, 0.05) is 20.1 Å². The van der Waals surface area contributed by atoms with Gasteiger partial charge in [-0.3, -0.25) is 24.6 Å². The molecular formula is C13H23N3O3. The molecule has 0 saturated carbocycles. The summed E-state index contributed by atoms with van der Waals surface area (Å²) >= 11 is 0. The number of carbonyl (C=O) groups is 3. The lowest BCUT2D eigenvalue weighted by molar-refractivity contribution is -0.138. The van der Waals surface area contributed by atoms with Crippen molar-refractivity contribution in [3.63, 3.8) is 0 Å². The van der Waals surface area contributed by atoms with Crippen LogP contribution in [0.15, 0.2) is 0 Å².